The Balaban J connectivity index is 1.90. The Labute approximate surface area is 105 Å². The van der Waals surface area contributed by atoms with Crippen molar-refractivity contribution >= 4 is 23.4 Å². The maximum Gasteiger partial charge on any atom is 0.312 e. The van der Waals surface area contributed by atoms with Crippen LogP contribution in [-0.4, -0.2) is 59.4 Å². The second kappa shape index (κ2) is 5.29. The van der Waals surface area contributed by atoms with Gasteiger partial charge in [-0.15, -0.1) is 0 Å². The minimum atomic E-state index is -0.545. The zero-order valence-corrected chi connectivity index (χ0v) is 10.2. The molecule has 0 unspecified atom stereocenters. The second-order valence-corrected chi connectivity index (χ2v) is 4.66. The molecule has 2 fully saturated rings. The molecule has 0 aliphatic carbocycles. The van der Waals surface area contributed by atoms with Crippen LogP contribution in [0, 0.1) is 0 Å². The first-order chi connectivity index (χ1) is 8.58. The number of carbonyl (C=O) groups excluding carboxylic acids is 4. The molecule has 2 saturated heterocycles. The number of hydrogen-bond donors (Lipinski definition) is 0. The van der Waals surface area contributed by atoms with Gasteiger partial charge in [-0.3, -0.25) is 19.2 Å². The van der Waals surface area contributed by atoms with Gasteiger partial charge in [-0.25, -0.2) is 0 Å². The Hall–Kier alpha value is -1.72. The number of rotatable bonds is 0. The molecule has 0 saturated carbocycles. The summed E-state index contributed by atoms with van der Waals surface area (Å²) >= 11 is 0. The molecule has 18 heavy (non-hydrogen) atoms. The molecule has 0 aromatic rings. The zero-order chi connectivity index (χ0) is 13.1. The lowest BCUT2D eigenvalue weighted by Crippen LogP contribution is -2.50. The maximum atomic E-state index is 11.9. The third-order valence-electron chi connectivity index (χ3n) is 3.40. The van der Waals surface area contributed by atoms with Crippen LogP contribution in [0.4, 0.5) is 0 Å². The first kappa shape index (κ1) is 12.7. The Morgan fingerprint density at radius 2 is 0.944 bits per heavy atom. The van der Waals surface area contributed by atoms with Gasteiger partial charge in [0.25, 0.3) is 0 Å². The van der Waals surface area contributed by atoms with Gasteiger partial charge in [0.2, 0.25) is 0 Å². The van der Waals surface area contributed by atoms with Gasteiger partial charge in [-0.05, 0) is 0 Å². The molecule has 0 spiro atoms. The molecule has 0 radical (unpaired) electrons. The minimum Gasteiger partial charge on any atom is -0.334 e. The first-order valence-electron chi connectivity index (χ1n) is 6.19. The van der Waals surface area contributed by atoms with E-state index in [0.717, 1.165) is 0 Å². The van der Waals surface area contributed by atoms with Crippen molar-refractivity contribution in [1.29, 1.82) is 0 Å². The summed E-state index contributed by atoms with van der Waals surface area (Å²) in [5, 5.41) is 0. The van der Waals surface area contributed by atoms with E-state index in [1.54, 1.807) is 0 Å². The predicted molar refractivity (Wildman–Crippen MR) is 61.6 cm³/mol. The predicted octanol–water partition coefficient (Wildman–Crippen LogP) is -0.631. The van der Waals surface area contributed by atoms with E-state index < -0.39 is 11.8 Å². The topological polar surface area (TPSA) is 74.8 Å². The summed E-state index contributed by atoms with van der Waals surface area (Å²) in [6, 6.07) is 0. The van der Waals surface area contributed by atoms with Gasteiger partial charge >= 0.3 is 11.8 Å². The number of piperidine rings is 2. The van der Waals surface area contributed by atoms with Gasteiger partial charge in [-0.1, -0.05) is 0 Å². The highest BCUT2D eigenvalue weighted by atomic mass is 16.2. The molecule has 2 aliphatic heterocycles. The monoisotopic (exact) mass is 252 g/mol. The molecule has 0 bridgehead atoms. The Morgan fingerprint density at radius 1 is 0.667 bits per heavy atom. The van der Waals surface area contributed by atoms with Crippen molar-refractivity contribution in [3.63, 3.8) is 0 Å². The molecule has 2 amide bonds. The van der Waals surface area contributed by atoms with E-state index in [2.05, 4.69) is 0 Å². The van der Waals surface area contributed by atoms with E-state index in [1.165, 1.54) is 9.80 Å². The molecule has 98 valence electrons. The molecular weight excluding hydrogens is 236 g/mol. The Morgan fingerprint density at radius 3 is 1.22 bits per heavy atom. The van der Waals surface area contributed by atoms with Crippen LogP contribution in [0.3, 0.4) is 0 Å². The van der Waals surface area contributed by atoms with Gasteiger partial charge in [-0.2, -0.15) is 0 Å². The largest absolute Gasteiger partial charge is 0.334 e. The molecule has 2 aliphatic rings. The van der Waals surface area contributed by atoms with Crippen LogP contribution in [0.2, 0.25) is 0 Å². The van der Waals surface area contributed by atoms with Gasteiger partial charge in [0.05, 0.1) is 0 Å². The number of amides is 2. The van der Waals surface area contributed by atoms with Crippen LogP contribution in [0.5, 0.6) is 0 Å². The number of likely N-dealkylation sites (tertiary alicyclic amines) is 2. The van der Waals surface area contributed by atoms with Crippen LogP contribution in [-0.2, 0) is 19.2 Å². The summed E-state index contributed by atoms with van der Waals surface area (Å²) in [4.78, 5) is 48.8. The molecule has 2 rings (SSSR count). The molecule has 2 heterocycles. The lowest BCUT2D eigenvalue weighted by molar-refractivity contribution is -0.154. The standard InChI is InChI=1S/C12H16N2O4/c15-9-1-5-13(6-2-9)11(17)12(18)14-7-3-10(16)4-8-14/h1-8H2. The number of ketones is 2. The normalized spacial score (nSPS) is 21.1. The summed E-state index contributed by atoms with van der Waals surface area (Å²) in [6.07, 6.45) is 1.32. The highest BCUT2D eigenvalue weighted by molar-refractivity contribution is 6.35. The third-order valence-corrected chi connectivity index (χ3v) is 3.40. The van der Waals surface area contributed by atoms with E-state index >= 15 is 0 Å². The molecule has 0 N–H and O–H groups in total. The fraction of sp³-hybridized carbons (Fsp3) is 0.667. The quantitative estimate of drug-likeness (QED) is 0.538. The minimum absolute atomic E-state index is 0.134. The molecule has 0 atom stereocenters. The fourth-order valence-electron chi connectivity index (χ4n) is 2.19. The Kier molecular flexibility index (Phi) is 3.74. The average molecular weight is 252 g/mol. The Bertz CT molecular complexity index is 347. The second-order valence-electron chi connectivity index (χ2n) is 4.66. The van der Waals surface area contributed by atoms with Gasteiger partial charge in [0.1, 0.15) is 11.6 Å². The summed E-state index contributed by atoms with van der Waals surface area (Å²) in [5.41, 5.74) is 0. The van der Waals surface area contributed by atoms with Crippen LogP contribution in [0.1, 0.15) is 25.7 Å². The van der Waals surface area contributed by atoms with Crippen molar-refractivity contribution in [1.82, 2.24) is 9.80 Å². The molecule has 6 nitrogen and oxygen atoms in total. The molecule has 0 aromatic heterocycles. The van der Waals surface area contributed by atoms with Crippen molar-refractivity contribution < 1.29 is 19.2 Å². The number of nitrogens with zero attached hydrogens (tertiary/aromatic N) is 2. The van der Waals surface area contributed by atoms with Crippen LogP contribution in [0.15, 0.2) is 0 Å². The number of carbonyl (C=O) groups is 4. The lowest BCUT2D eigenvalue weighted by atomic mass is 10.1. The number of Topliss-reactive ketones (excluding diaryl/α,β-unsaturated/α-hetero) is 2. The highest BCUT2D eigenvalue weighted by Gasteiger charge is 2.31. The van der Waals surface area contributed by atoms with Crippen LogP contribution in [0.25, 0.3) is 0 Å². The summed E-state index contributed by atoms with van der Waals surface area (Å²) in [5.74, 6) is -0.821. The summed E-state index contributed by atoms with van der Waals surface area (Å²) in [7, 11) is 0. The van der Waals surface area contributed by atoms with Gasteiger partial charge in [0.15, 0.2) is 0 Å². The lowest BCUT2D eigenvalue weighted by Gasteiger charge is -2.30. The van der Waals surface area contributed by atoms with Crippen molar-refractivity contribution in [2.75, 3.05) is 26.2 Å². The van der Waals surface area contributed by atoms with E-state index in [-0.39, 0.29) is 11.6 Å². The van der Waals surface area contributed by atoms with E-state index in [1.807, 2.05) is 0 Å². The van der Waals surface area contributed by atoms with Crippen molar-refractivity contribution in [2.24, 2.45) is 0 Å². The highest BCUT2D eigenvalue weighted by Crippen LogP contribution is 2.10. The van der Waals surface area contributed by atoms with Crippen molar-refractivity contribution in [3.8, 4) is 0 Å². The first-order valence-corrected chi connectivity index (χ1v) is 6.19. The van der Waals surface area contributed by atoms with Crippen molar-refractivity contribution in [3.05, 3.63) is 0 Å². The summed E-state index contributed by atoms with van der Waals surface area (Å²) in [6.45, 7) is 1.32. The van der Waals surface area contributed by atoms with E-state index in [4.69, 9.17) is 0 Å². The smallest absolute Gasteiger partial charge is 0.312 e. The SMILES string of the molecule is O=C1CCN(C(=O)C(=O)N2CCC(=O)CC2)CC1. The number of hydrogen-bond acceptors (Lipinski definition) is 4. The summed E-state index contributed by atoms with van der Waals surface area (Å²) < 4.78 is 0. The van der Waals surface area contributed by atoms with Gasteiger partial charge in [0, 0.05) is 51.9 Å². The van der Waals surface area contributed by atoms with Gasteiger partial charge < -0.3 is 9.80 Å². The molecule has 6 heteroatoms. The average Bonchev–Trinajstić information content (AvgIpc) is 2.39. The maximum absolute atomic E-state index is 11.9. The molecule has 0 aromatic carbocycles. The third kappa shape index (κ3) is 2.75. The molecular formula is C12H16N2O4. The zero-order valence-electron chi connectivity index (χ0n) is 10.2. The van der Waals surface area contributed by atoms with Crippen LogP contribution < -0.4 is 0 Å². The van der Waals surface area contributed by atoms with Crippen LogP contribution >= 0.6 is 0 Å². The van der Waals surface area contributed by atoms with E-state index in [9.17, 15) is 19.2 Å². The van der Waals surface area contributed by atoms with E-state index in [0.29, 0.717) is 51.9 Å². The fourth-order valence-corrected chi connectivity index (χ4v) is 2.19. The van der Waals surface area contributed by atoms with Crippen molar-refractivity contribution in [2.45, 2.75) is 25.7 Å².